The van der Waals surface area contributed by atoms with Gasteiger partial charge in [-0.25, -0.2) is 4.79 Å². The number of methoxy groups -OCH3 is 1. The molecule has 0 N–H and O–H groups in total. The van der Waals surface area contributed by atoms with Crippen LogP contribution < -0.4 is 0 Å². The van der Waals surface area contributed by atoms with Crippen LogP contribution in [0.2, 0.25) is 0 Å². The van der Waals surface area contributed by atoms with E-state index in [9.17, 15) is 9.59 Å². The fourth-order valence-electron chi connectivity index (χ4n) is 10.7. The Morgan fingerprint density at radius 3 is 2.28 bits per heavy atom. The number of benzene rings is 1. The zero-order chi connectivity index (χ0) is 27.9. The molecule has 0 bridgehead atoms. The van der Waals surface area contributed by atoms with E-state index >= 15 is 0 Å². The van der Waals surface area contributed by atoms with Gasteiger partial charge in [-0.1, -0.05) is 66.0 Å². The Labute approximate surface area is 238 Å². The summed E-state index contributed by atoms with van der Waals surface area (Å²) in [7, 11) is 1.42. The SMILES string of the molecule is COC(=O)c1ccc(C[C@@H]2C(=O)CC[C@@]3(C)C2CC[C@H]2[C@@H]4CC[C@H]([C@H](C)CCCC(C)C)[C@@]4(C)CC[C@@H]23)cc1. The van der Waals surface area contributed by atoms with E-state index in [2.05, 4.69) is 34.6 Å². The smallest absolute Gasteiger partial charge is 0.337 e. The monoisotopic (exact) mass is 534 g/mol. The van der Waals surface area contributed by atoms with Crippen LogP contribution in [0, 0.1) is 58.2 Å². The Kier molecular flexibility index (Phi) is 8.38. The Hall–Kier alpha value is -1.64. The lowest BCUT2D eigenvalue weighted by Gasteiger charge is -2.62. The van der Waals surface area contributed by atoms with Crippen molar-refractivity contribution in [2.24, 2.45) is 58.2 Å². The standard InChI is InChI=1S/C36H54O3/c1-23(2)8-7-9-24(3)29-16-17-30-27-14-15-31-28(22-25-10-12-26(13-11-25)34(38)39-6)33(37)19-21-36(31,5)32(27)18-20-35(29,30)4/h10-13,23-24,27-32H,7-9,14-22H2,1-6H3/t24-,27+,28+,29-,30+,31?,32+,35-,36+/m1/s1. The highest BCUT2D eigenvalue weighted by molar-refractivity contribution is 5.89. The molecule has 4 aliphatic carbocycles. The van der Waals surface area contributed by atoms with Crippen molar-refractivity contribution in [2.75, 3.05) is 7.11 Å². The van der Waals surface area contributed by atoms with Crippen LogP contribution in [0.4, 0.5) is 0 Å². The maximum absolute atomic E-state index is 13.4. The van der Waals surface area contributed by atoms with Crippen LogP contribution in [0.1, 0.15) is 121 Å². The lowest BCUT2D eigenvalue weighted by atomic mass is 9.43. The number of hydrogen-bond donors (Lipinski definition) is 0. The van der Waals surface area contributed by atoms with Crippen LogP contribution in [0.3, 0.4) is 0 Å². The van der Waals surface area contributed by atoms with Gasteiger partial charge < -0.3 is 4.74 Å². The van der Waals surface area contributed by atoms with Gasteiger partial charge in [0, 0.05) is 12.3 Å². The van der Waals surface area contributed by atoms with E-state index in [-0.39, 0.29) is 17.3 Å². The minimum Gasteiger partial charge on any atom is -0.465 e. The molecule has 4 fully saturated rings. The van der Waals surface area contributed by atoms with E-state index in [1.54, 1.807) is 0 Å². The maximum atomic E-state index is 13.4. The van der Waals surface area contributed by atoms with Crippen LogP contribution in [-0.4, -0.2) is 18.9 Å². The molecule has 1 unspecified atom stereocenters. The molecule has 4 aliphatic rings. The number of fused-ring (bicyclic) bond motifs is 5. The van der Waals surface area contributed by atoms with Crippen LogP contribution in [-0.2, 0) is 16.0 Å². The lowest BCUT2D eigenvalue weighted by molar-refractivity contribution is -0.152. The molecule has 0 spiro atoms. The summed E-state index contributed by atoms with van der Waals surface area (Å²) in [6, 6.07) is 7.77. The molecule has 1 aromatic rings. The molecule has 3 heteroatoms. The molecule has 9 atom stereocenters. The van der Waals surface area contributed by atoms with Gasteiger partial charge in [0.1, 0.15) is 5.78 Å². The molecular weight excluding hydrogens is 480 g/mol. The van der Waals surface area contributed by atoms with Crippen LogP contribution in [0.15, 0.2) is 24.3 Å². The van der Waals surface area contributed by atoms with E-state index in [4.69, 9.17) is 4.74 Å². The first-order chi connectivity index (χ1) is 18.6. The Morgan fingerprint density at radius 1 is 0.897 bits per heavy atom. The molecule has 39 heavy (non-hydrogen) atoms. The van der Waals surface area contributed by atoms with Gasteiger partial charge in [-0.15, -0.1) is 0 Å². The zero-order valence-corrected chi connectivity index (χ0v) is 25.6. The third-order valence-corrected chi connectivity index (χ3v) is 12.8. The molecular formula is C36H54O3. The van der Waals surface area contributed by atoms with Crippen molar-refractivity contribution in [3.05, 3.63) is 35.4 Å². The molecule has 0 aliphatic heterocycles. The molecule has 4 saturated carbocycles. The minimum atomic E-state index is -0.301. The molecule has 0 saturated heterocycles. The summed E-state index contributed by atoms with van der Waals surface area (Å²) < 4.78 is 4.87. The third kappa shape index (κ3) is 5.26. The Morgan fingerprint density at radius 2 is 1.59 bits per heavy atom. The van der Waals surface area contributed by atoms with Crippen molar-refractivity contribution in [3.63, 3.8) is 0 Å². The number of hydrogen-bond acceptors (Lipinski definition) is 3. The number of esters is 1. The summed E-state index contributed by atoms with van der Waals surface area (Å²) in [5.41, 5.74) is 2.56. The highest BCUT2D eigenvalue weighted by atomic mass is 16.5. The minimum absolute atomic E-state index is 0.124. The summed E-state index contributed by atoms with van der Waals surface area (Å²) >= 11 is 0. The number of carbonyl (C=O) groups excluding carboxylic acids is 2. The highest BCUT2D eigenvalue weighted by Crippen LogP contribution is 2.68. The van der Waals surface area contributed by atoms with Crippen LogP contribution in [0.5, 0.6) is 0 Å². The van der Waals surface area contributed by atoms with E-state index in [0.717, 1.165) is 54.8 Å². The molecule has 5 rings (SSSR count). The number of Topliss-reactive ketones (excluding diaryl/α,β-unsaturated/α-hetero) is 1. The van der Waals surface area contributed by atoms with Gasteiger partial charge in [0.05, 0.1) is 12.7 Å². The number of ether oxygens (including phenoxy) is 1. The summed E-state index contributed by atoms with van der Waals surface area (Å²) in [4.78, 5) is 25.3. The van der Waals surface area contributed by atoms with E-state index in [0.29, 0.717) is 22.7 Å². The van der Waals surface area contributed by atoms with Crippen LogP contribution in [0.25, 0.3) is 0 Å². The third-order valence-electron chi connectivity index (χ3n) is 12.8. The van der Waals surface area contributed by atoms with Crippen LogP contribution >= 0.6 is 0 Å². The molecule has 0 amide bonds. The predicted octanol–water partition coefficient (Wildman–Crippen LogP) is 8.93. The number of rotatable bonds is 8. The molecule has 216 valence electrons. The first-order valence-electron chi connectivity index (χ1n) is 16.3. The Balaban J connectivity index is 1.30. The van der Waals surface area contributed by atoms with Gasteiger partial charge >= 0.3 is 5.97 Å². The first kappa shape index (κ1) is 28.9. The summed E-state index contributed by atoms with van der Waals surface area (Å²) in [5.74, 6) is 5.88. The molecule has 0 heterocycles. The second-order valence-electron chi connectivity index (χ2n) is 15.1. The van der Waals surface area contributed by atoms with Crippen molar-refractivity contribution in [2.45, 2.75) is 112 Å². The van der Waals surface area contributed by atoms with Gasteiger partial charge in [-0.05, 0) is 121 Å². The van der Waals surface area contributed by atoms with Crippen molar-refractivity contribution < 1.29 is 14.3 Å². The largest absolute Gasteiger partial charge is 0.465 e. The van der Waals surface area contributed by atoms with Gasteiger partial charge in [-0.2, -0.15) is 0 Å². The summed E-state index contributed by atoms with van der Waals surface area (Å²) in [5, 5.41) is 0. The average molecular weight is 535 g/mol. The van der Waals surface area contributed by atoms with Gasteiger partial charge in [-0.3, -0.25) is 4.79 Å². The van der Waals surface area contributed by atoms with Gasteiger partial charge in [0.2, 0.25) is 0 Å². The maximum Gasteiger partial charge on any atom is 0.337 e. The number of carbonyl (C=O) groups is 2. The van der Waals surface area contributed by atoms with Crippen molar-refractivity contribution in [1.82, 2.24) is 0 Å². The van der Waals surface area contributed by atoms with E-state index in [1.165, 1.54) is 70.5 Å². The normalized spacial score (nSPS) is 38.6. The average Bonchev–Trinajstić information content (AvgIpc) is 3.27. The second-order valence-corrected chi connectivity index (χ2v) is 15.1. The van der Waals surface area contributed by atoms with E-state index in [1.807, 2.05) is 24.3 Å². The highest BCUT2D eigenvalue weighted by Gasteiger charge is 2.61. The topological polar surface area (TPSA) is 43.4 Å². The Bertz CT molecular complexity index is 1030. The zero-order valence-electron chi connectivity index (χ0n) is 25.6. The fourth-order valence-corrected chi connectivity index (χ4v) is 10.7. The first-order valence-corrected chi connectivity index (χ1v) is 16.3. The van der Waals surface area contributed by atoms with E-state index < -0.39 is 0 Å². The van der Waals surface area contributed by atoms with Crippen molar-refractivity contribution >= 4 is 11.8 Å². The van der Waals surface area contributed by atoms with Gasteiger partial charge in [0.15, 0.2) is 0 Å². The lowest BCUT2D eigenvalue weighted by Crippen LogP contribution is -2.56. The van der Waals surface area contributed by atoms with Crippen molar-refractivity contribution in [1.29, 1.82) is 0 Å². The quantitative estimate of drug-likeness (QED) is 0.313. The summed E-state index contributed by atoms with van der Waals surface area (Å²) in [6.07, 6.45) is 15.0. The van der Waals surface area contributed by atoms with Crippen molar-refractivity contribution in [3.8, 4) is 0 Å². The predicted molar refractivity (Wildman–Crippen MR) is 158 cm³/mol. The second kappa shape index (κ2) is 11.3. The molecule has 0 aromatic heterocycles. The molecule has 3 nitrogen and oxygen atoms in total. The molecule has 1 aromatic carbocycles. The van der Waals surface area contributed by atoms with Gasteiger partial charge in [0.25, 0.3) is 0 Å². The fraction of sp³-hybridized carbons (Fsp3) is 0.778. The molecule has 0 radical (unpaired) electrons. The number of ketones is 1. The summed E-state index contributed by atoms with van der Waals surface area (Å²) in [6.45, 7) is 12.6.